The van der Waals surface area contributed by atoms with Crippen LogP contribution in [0, 0.1) is 0 Å². The Hall–Kier alpha value is -1.76. The van der Waals surface area contributed by atoms with Crippen LogP contribution in [0.1, 0.15) is 10.4 Å². The van der Waals surface area contributed by atoms with Gasteiger partial charge in [0, 0.05) is 25.7 Å². The minimum absolute atomic E-state index is 0.256. The van der Waals surface area contributed by atoms with Gasteiger partial charge < -0.3 is 15.0 Å². The summed E-state index contributed by atoms with van der Waals surface area (Å²) in [7, 11) is 3.39. The van der Waals surface area contributed by atoms with Crippen molar-refractivity contribution in [2.24, 2.45) is 0 Å². The summed E-state index contributed by atoms with van der Waals surface area (Å²) in [6.45, 7) is 1.15. The minimum Gasteiger partial charge on any atom is -0.406 e. The number of alkyl halides is 3. The number of amides is 1. The number of benzene rings is 1. The van der Waals surface area contributed by atoms with Crippen LogP contribution in [0.4, 0.5) is 13.2 Å². The fourth-order valence-electron chi connectivity index (χ4n) is 1.40. The molecule has 0 aliphatic carbocycles. The van der Waals surface area contributed by atoms with Crippen molar-refractivity contribution in [3.63, 3.8) is 0 Å². The molecule has 1 N–H and O–H groups in total. The van der Waals surface area contributed by atoms with Crippen LogP contribution in [0.2, 0.25) is 0 Å². The van der Waals surface area contributed by atoms with Crippen LogP contribution < -0.4 is 10.1 Å². The van der Waals surface area contributed by atoms with Gasteiger partial charge >= 0.3 is 6.36 Å². The topological polar surface area (TPSA) is 41.6 Å². The van der Waals surface area contributed by atoms with Crippen molar-refractivity contribution in [2.45, 2.75) is 6.36 Å². The lowest BCUT2D eigenvalue weighted by atomic mass is 10.2. The van der Waals surface area contributed by atoms with Gasteiger partial charge in [-0.15, -0.1) is 13.2 Å². The summed E-state index contributed by atoms with van der Waals surface area (Å²) in [5, 5.41) is 2.90. The third kappa shape index (κ3) is 5.17. The zero-order valence-corrected chi connectivity index (χ0v) is 10.6. The van der Waals surface area contributed by atoms with Crippen LogP contribution in [-0.4, -0.2) is 44.4 Å². The van der Waals surface area contributed by atoms with E-state index in [0.29, 0.717) is 18.7 Å². The van der Waals surface area contributed by atoms with Crippen LogP contribution in [0.15, 0.2) is 24.3 Å². The van der Waals surface area contributed by atoms with E-state index in [1.807, 2.05) is 0 Å². The van der Waals surface area contributed by atoms with E-state index in [1.54, 1.807) is 14.1 Å². The van der Waals surface area contributed by atoms with Gasteiger partial charge in [-0.2, -0.15) is 0 Å². The highest BCUT2D eigenvalue weighted by molar-refractivity contribution is 5.94. The van der Waals surface area contributed by atoms with Crippen molar-refractivity contribution >= 4 is 5.91 Å². The maximum Gasteiger partial charge on any atom is 0.573 e. The number of ether oxygens (including phenoxy) is 1. The fraction of sp³-hybridized carbons (Fsp3) is 0.417. The molecule has 0 aromatic heterocycles. The highest BCUT2D eigenvalue weighted by Crippen LogP contribution is 2.22. The Bertz CT molecular complexity index is 418. The molecule has 0 saturated carbocycles. The Balaban J connectivity index is 2.68. The molecular formula is C12H15F3N2O2. The van der Waals surface area contributed by atoms with Crippen molar-refractivity contribution in [1.29, 1.82) is 0 Å². The highest BCUT2D eigenvalue weighted by Gasteiger charge is 2.31. The SMILES string of the molecule is CNCCN(C)C(=O)c1ccc(OC(F)(F)F)cc1. The summed E-state index contributed by atoms with van der Waals surface area (Å²) < 4.78 is 39.6. The Morgan fingerprint density at radius 2 is 1.89 bits per heavy atom. The van der Waals surface area contributed by atoms with Crippen LogP contribution in [0.3, 0.4) is 0 Å². The number of rotatable bonds is 5. The molecule has 0 aliphatic heterocycles. The van der Waals surface area contributed by atoms with E-state index < -0.39 is 6.36 Å². The standard InChI is InChI=1S/C12H15F3N2O2/c1-16-7-8-17(2)11(18)9-3-5-10(6-4-9)19-12(13,14)15/h3-6,16H,7-8H2,1-2H3. The molecule has 0 heterocycles. The van der Waals surface area contributed by atoms with Gasteiger partial charge in [-0.05, 0) is 31.3 Å². The predicted molar refractivity (Wildman–Crippen MR) is 64.0 cm³/mol. The molecule has 1 amide bonds. The van der Waals surface area contributed by atoms with Gasteiger partial charge in [-0.25, -0.2) is 0 Å². The second-order valence-electron chi connectivity index (χ2n) is 3.90. The van der Waals surface area contributed by atoms with Crippen LogP contribution in [-0.2, 0) is 0 Å². The number of nitrogens with zero attached hydrogens (tertiary/aromatic N) is 1. The quantitative estimate of drug-likeness (QED) is 0.892. The number of halogens is 3. The van der Waals surface area contributed by atoms with Gasteiger partial charge in [0.15, 0.2) is 0 Å². The molecule has 0 aliphatic rings. The monoisotopic (exact) mass is 276 g/mol. The largest absolute Gasteiger partial charge is 0.573 e. The summed E-state index contributed by atoms with van der Waals surface area (Å²) >= 11 is 0. The fourth-order valence-corrected chi connectivity index (χ4v) is 1.40. The summed E-state index contributed by atoms with van der Waals surface area (Å²) in [5.41, 5.74) is 0.313. The highest BCUT2D eigenvalue weighted by atomic mass is 19.4. The average Bonchev–Trinajstić information content (AvgIpc) is 2.34. The van der Waals surface area contributed by atoms with Crippen molar-refractivity contribution in [3.8, 4) is 5.75 Å². The van der Waals surface area contributed by atoms with E-state index in [2.05, 4.69) is 10.1 Å². The normalized spacial score (nSPS) is 11.2. The van der Waals surface area contributed by atoms with Gasteiger partial charge in [0.2, 0.25) is 0 Å². The first kappa shape index (κ1) is 15.3. The van der Waals surface area contributed by atoms with Crippen LogP contribution >= 0.6 is 0 Å². The second kappa shape index (κ2) is 6.42. The third-order valence-corrected chi connectivity index (χ3v) is 2.38. The molecule has 106 valence electrons. The zero-order chi connectivity index (χ0) is 14.5. The molecule has 0 bridgehead atoms. The van der Waals surface area contributed by atoms with Crippen LogP contribution in [0.25, 0.3) is 0 Å². The molecule has 0 radical (unpaired) electrons. The molecule has 4 nitrogen and oxygen atoms in total. The summed E-state index contributed by atoms with van der Waals surface area (Å²) in [6, 6.07) is 4.85. The van der Waals surface area contributed by atoms with Crippen molar-refractivity contribution < 1.29 is 22.7 Å². The van der Waals surface area contributed by atoms with E-state index in [-0.39, 0.29) is 11.7 Å². The molecular weight excluding hydrogens is 261 g/mol. The van der Waals surface area contributed by atoms with Crippen molar-refractivity contribution in [2.75, 3.05) is 27.2 Å². The average molecular weight is 276 g/mol. The first-order valence-electron chi connectivity index (χ1n) is 5.59. The molecule has 7 heteroatoms. The Labute approximate surface area is 109 Å². The van der Waals surface area contributed by atoms with E-state index in [9.17, 15) is 18.0 Å². The lowest BCUT2D eigenvalue weighted by molar-refractivity contribution is -0.274. The molecule has 0 unspecified atom stereocenters. The van der Waals surface area contributed by atoms with Crippen molar-refractivity contribution in [1.82, 2.24) is 10.2 Å². The molecule has 0 saturated heterocycles. The lowest BCUT2D eigenvalue weighted by Gasteiger charge is -2.17. The number of carbonyl (C=O) groups is 1. The van der Waals surface area contributed by atoms with E-state index in [4.69, 9.17) is 0 Å². The third-order valence-electron chi connectivity index (χ3n) is 2.38. The molecule has 0 spiro atoms. The Morgan fingerprint density at radius 3 is 2.37 bits per heavy atom. The maximum absolute atomic E-state index is 12.0. The molecule has 1 aromatic rings. The number of carbonyl (C=O) groups excluding carboxylic acids is 1. The number of nitrogens with one attached hydrogen (secondary N) is 1. The second-order valence-corrected chi connectivity index (χ2v) is 3.90. The van der Waals surface area contributed by atoms with E-state index in [0.717, 1.165) is 12.1 Å². The van der Waals surface area contributed by atoms with Gasteiger partial charge in [-0.1, -0.05) is 0 Å². The summed E-state index contributed by atoms with van der Waals surface area (Å²) in [6.07, 6.45) is -4.73. The van der Waals surface area contributed by atoms with Gasteiger partial charge in [0.25, 0.3) is 5.91 Å². The zero-order valence-electron chi connectivity index (χ0n) is 10.6. The maximum atomic E-state index is 12.0. The predicted octanol–water partition coefficient (Wildman–Crippen LogP) is 1.88. The van der Waals surface area contributed by atoms with E-state index >= 15 is 0 Å². The molecule has 1 rings (SSSR count). The molecule has 0 fully saturated rings. The molecule has 19 heavy (non-hydrogen) atoms. The first-order chi connectivity index (χ1) is 8.83. The molecule has 0 atom stereocenters. The lowest BCUT2D eigenvalue weighted by Crippen LogP contribution is -2.32. The Morgan fingerprint density at radius 1 is 1.32 bits per heavy atom. The van der Waals surface area contributed by atoms with E-state index in [1.165, 1.54) is 17.0 Å². The van der Waals surface area contributed by atoms with Crippen molar-refractivity contribution in [3.05, 3.63) is 29.8 Å². The molecule has 1 aromatic carbocycles. The van der Waals surface area contributed by atoms with Crippen LogP contribution in [0.5, 0.6) is 5.75 Å². The van der Waals surface area contributed by atoms with Gasteiger partial charge in [0.1, 0.15) is 5.75 Å². The van der Waals surface area contributed by atoms with Gasteiger partial charge in [0.05, 0.1) is 0 Å². The smallest absolute Gasteiger partial charge is 0.406 e. The Kier molecular flexibility index (Phi) is 5.17. The van der Waals surface area contributed by atoms with Gasteiger partial charge in [-0.3, -0.25) is 4.79 Å². The number of hydrogen-bond acceptors (Lipinski definition) is 3. The number of hydrogen-bond donors (Lipinski definition) is 1. The summed E-state index contributed by atoms with van der Waals surface area (Å²) in [4.78, 5) is 13.4. The minimum atomic E-state index is -4.73. The first-order valence-corrected chi connectivity index (χ1v) is 5.59. The summed E-state index contributed by atoms with van der Waals surface area (Å²) in [5.74, 6) is -0.601. The number of likely N-dealkylation sites (N-methyl/N-ethyl adjacent to an activating group) is 2.